The lowest BCUT2D eigenvalue weighted by molar-refractivity contribution is 0.1000. The smallest absolute Gasteiger partial charge is 0.103 e. The second kappa shape index (κ2) is 3.55. The van der Waals surface area contributed by atoms with Crippen molar-refractivity contribution in [1.82, 2.24) is 0 Å². The highest BCUT2D eigenvalue weighted by Crippen LogP contribution is 2.35. The molecule has 0 nitrogen and oxygen atoms in total. The molecule has 0 spiro atoms. The summed E-state index contributed by atoms with van der Waals surface area (Å²) in [5.74, 6) is 1.48. The van der Waals surface area contributed by atoms with E-state index in [1.54, 1.807) is 0 Å². The van der Waals surface area contributed by atoms with Gasteiger partial charge in [-0.15, -0.1) is 0 Å². The second-order valence-electron chi connectivity index (χ2n) is 4.34. The van der Waals surface area contributed by atoms with Gasteiger partial charge in [0.25, 0.3) is 0 Å². The topological polar surface area (TPSA) is 0 Å². The quantitative estimate of drug-likeness (QED) is 0.548. The largest absolute Gasteiger partial charge is 0.247 e. The molecule has 0 aromatic rings. The van der Waals surface area contributed by atoms with Gasteiger partial charge in [-0.2, -0.15) is 0 Å². The molecule has 0 N–H and O–H groups in total. The Morgan fingerprint density at radius 2 is 1.91 bits per heavy atom. The molecule has 1 rings (SSSR count). The van der Waals surface area contributed by atoms with Gasteiger partial charge in [0.15, 0.2) is 0 Å². The van der Waals surface area contributed by atoms with Crippen molar-refractivity contribution in [1.29, 1.82) is 0 Å². The van der Waals surface area contributed by atoms with E-state index in [9.17, 15) is 4.39 Å². The normalized spacial score (nSPS) is 39.5. The summed E-state index contributed by atoms with van der Waals surface area (Å²) < 4.78 is 13.3. The van der Waals surface area contributed by atoms with Gasteiger partial charge in [0, 0.05) is 0 Å². The molecule has 0 aromatic carbocycles. The van der Waals surface area contributed by atoms with E-state index in [-0.39, 0.29) is 0 Å². The Bertz CT molecular complexity index is 120. The average molecular weight is 158 g/mol. The van der Waals surface area contributed by atoms with Gasteiger partial charge < -0.3 is 0 Å². The van der Waals surface area contributed by atoms with E-state index in [0.717, 1.165) is 12.8 Å². The molecule has 1 fully saturated rings. The molecule has 0 unspecified atom stereocenters. The first kappa shape index (κ1) is 9.02. The first-order valence-corrected chi connectivity index (χ1v) is 4.75. The van der Waals surface area contributed by atoms with Crippen molar-refractivity contribution in [3.05, 3.63) is 0 Å². The maximum absolute atomic E-state index is 13.3. The Labute approximate surface area is 69.2 Å². The predicted octanol–water partition coefficient (Wildman–Crippen LogP) is 3.42. The summed E-state index contributed by atoms with van der Waals surface area (Å²) in [7, 11) is 0. The Morgan fingerprint density at radius 3 is 2.36 bits per heavy atom. The number of halogens is 1. The molecular formula is C10H19F. The minimum absolute atomic E-state index is 0.339. The van der Waals surface area contributed by atoms with Crippen LogP contribution >= 0.6 is 0 Å². The van der Waals surface area contributed by atoms with Crippen LogP contribution in [0.4, 0.5) is 4.39 Å². The van der Waals surface area contributed by atoms with Crippen molar-refractivity contribution in [3.63, 3.8) is 0 Å². The van der Waals surface area contributed by atoms with Crippen LogP contribution in [0.25, 0.3) is 0 Å². The van der Waals surface area contributed by atoms with Crippen LogP contribution < -0.4 is 0 Å². The maximum atomic E-state index is 13.3. The molecule has 0 aromatic heterocycles. The molecule has 0 aliphatic heterocycles. The molecule has 0 radical (unpaired) electrons. The van der Waals surface area contributed by atoms with Crippen molar-refractivity contribution in [2.75, 3.05) is 0 Å². The fourth-order valence-corrected chi connectivity index (χ4v) is 2.09. The van der Waals surface area contributed by atoms with E-state index in [2.05, 4.69) is 20.8 Å². The molecule has 1 heteroatoms. The summed E-state index contributed by atoms with van der Waals surface area (Å²) in [6, 6.07) is 0. The second-order valence-corrected chi connectivity index (χ2v) is 4.34. The molecule has 0 bridgehead atoms. The lowest BCUT2D eigenvalue weighted by Gasteiger charge is -2.32. The first-order valence-electron chi connectivity index (χ1n) is 4.75. The molecule has 66 valence electrons. The minimum Gasteiger partial charge on any atom is -0.247 e. The number of rotatable bonds is 1. The summed E-state index contributed by atoms with van der Waals surface area (Å²) >= 11 is 0. The molecule has 0 amide bonds. The SMILES string of the molecule is CC(C)[C@@H]1CC[C@@H](C)C[C@@H]1F. The molecule has 0 heterocycles. The molecular weight excluding hydrogens is 139 g/mol. The van der Waals surface area contributed by atoms with E-state index in [4.69, 9.17) is 0 Å². The summed E-state index contributed by atoms with van der Waals surface area (Å²) in [6.45, 7) is 6.42. The van der Waals surface area contributed by atoms with Gasteiger partial charge in [-0.1, -0.05) is 27.2 Å². The van der Waals surface area contributed by atoms with E-state index in [1.165, 1.54) is 6.42 Å². The monoisotopic (exact) mass is 158 g/mol. The lowest BCUT2D eigenvalue weighted by atomic mass is 9.76. The Kier molecular flexibility index (Phi) is 2.91. The Balaban J connectivity index is 2.44. The number of alkyl halides is 1. The number of hydrogen-bond donors (Lipinski definition) is 0. The van der Waals surface area contributed by atoms with Gasteiger partial charge in [0.05, 0.1) is 0 Å². The van der Waals surface area contributed by atoms with Crippen LogP contribution in [0.5, 0.6) is 0 Å². The molecule has 0 saturated heterocycles. The fourth-order valence-electron chi connectivity index (χ4n) is 2.09. The Morgan fingerprint density at radius 1 is 1.27 bits per heavy atom. The summed E-state index contributed by atoms with van der Waals surface area (Å²) in [5, 5.41) is 0. The fraction of sp³-hybridized carbons (Fsp3) is 1.00. The van der Waals surface area contributed by atoms with Crippen molar-refractivity contribution >= 4 is 0 Å². The molecule has 1 aliphatic carbocycles. The Hall–Kier alpha value is -0.0700. The first-order chi connectivity index (χ1) is 5.11. The van der Waals surface area contributed by atoms with E-state index in [0.29, 0.717) is 17.8 Å². The van der Waals surface area contributed by atoms with Crippen LogP contribution in [0.3, 0.4) is 0 Å². The van der Waals surface area contributed by atoms with Gasteiger partial charge in [0.1, 0.15) is 6.17 Å². The van der Waals surface area contributed by atoms with Crippen LogP contribution in [0, 0.1) is 17.8 Å². The van der Waals surface area contributed by atoms with Crippen LogP contribution in [0.15, 0.2) is 0 Å². The highest BCUT2D eigenvalue weighted by molar-refractivity contribution is 4.79. The molecule has 1 saturated carbocycles. The zero-order valence-corrected chi connectivity index (χ0v) is 7.81. The summed E-state index contributed by atoms with van der Waals surface area (Å²) in [6.07, 6.45) is 2.59. The summed E-state index contributed by atoms with van der Waals surface area (Å²) in [5.41, 5.74) is 0. The zero-order valence-electron chi connectivity index (χ0n) is 7.81. The van der Waals surface area contributed by atoms with Crippen molar-refractivity contribution in [2.45, 2.75) is 46.2 Å². The van der Waals surface area contributed by atoms with Crippen LogP contribution in [-0.4, -0.2) is 6.17 Å². The van der Waals surface area contributed by atoms with Crippen molar-refractivity contribution in [2.24, 2.45) is 17.8 Å². The third kappa shape index (κ3) is 2.18. The molecule has 1 aliphatic rings. The average Bonchev–Trinajstić information content (AvgIpc) is 1.85. The third-order valence-corrected chi connectivity index (χ3v) is 2.94. The van der Waals surface area contributed by atoms with E-state index < -0.39 is 6.17 Å². The van der Waals surface area contributed by atoms with Crippen molar-refractivity contribution < 1.29 is 4.39 Å². The van der Waals surface area contributed by atoms with Gasteiger partial charge in [-0.05, 0) is 30.6 Å². The molecule has 11 heavy (non-hydrogen) atoms. The van der Waals surface area contributed by atoms with Crippen molar-refractivity contribution in [3.8, 4) is 0 Å². The van der Waals surface area contributed by atoms with Gasteiger partial charge in [-0.25, -0.2) is 4.39 Å². The van der Waals surface area contributed by atoms with Crippen LogP contribution in [-0.2, 0) is 0 Å². The van der Waals surface area contributed by atoms with E-state index >= 15 is 0 Å². The minimum atomic E-state index is -0.529. The third-order valence-electron chi connectivity index (χ3n) is 2.94. The highest BCUT2D eigenvalue weighted by Gasteiger charge is 2.30. The van der Waals surface area contributed by atoms with E-state index in [1.807, 2.05) is 0 Å². The standard InChI is InChI=1S/C10H19F/c1-7(2)9-5-4-8(3)6-10(9)11/h7-10H,4-6H2,1-3H3/t8-,9+,10+/m1/s1. The highest BCUT2D eigenvalue weighted by atomic mass is 19.1. The van der Waals surface area contributed by atoms with Gasteiger partial charge in [0.2, 0.25) is 0 Å². The zero-order chi connectivity index (χ0) is 8.43. The van der Waals surface area contributed by atoms with Gasteiger partial charge in [-0.3, -0.25) is 0 Å². The summed E-state index contributed by atoms with van der Waals surface area (Å²) in [4.78, 5) is 0. The maximum Gasteiger partial charge on any atom is 0.103 e. The lowest BCUT2D eigenvalue weighted by Crippen LogP contribution is -2.28. The van der Waals surface area contributed by atoms with Gasteiger partial charge >= 0.3 is 0 Å². The van der Waals surface area contributed by atoms with Crippen LogP contribution in [0.2, 0.25) is 0 Å². The molecule has 3 atom stereocenters. The van der Waals surface area contributed by atoms with Crippen LogP contribution in [0.1, 0.15) is 40.0 Å². The number of hydrogen-bond acceptors (Lipinski definition) is 0. The predicted molar refractivity (Wildman–Crippen MR) is 46.2 cm³/mol.